The second kappa shape index (κ2) is 29.0. The molecular weight excluding hydrogens is 282 g/mol. The molecular formula is H4Ge3O4. The first-order chi connectivity index (χ1) is 2.83. The van der Waals surface area contributed by atoms with E-state index in [1.165, 1.54) is 0 Å². The molecule has 0 amide bonds. The van der Waals surface area contributed by atoms with Crippen molar-refractivity contribution in [1.82, 2.24) is 0 Å². The zero-order valence-corrected chi connectivity index (χ0v) is 11.3. The number of rotatable bonds is 0. The third kappa shape index (κ3) is 232. The van der Waals surface area contributed by atoms with Gasteiger partial charge in [0.25, 0.3) is 0 Å². The van der Waals surface area contributed by atoms with E-state index in [0.717, 1.165) is 0 Å². The minimum atomic E-state index is -2.19. The van der Waals surface area contributed by atoms with Crippen molar-refractivity contribution in [1.29, 1.82) is 0 Å². The third-order valence-corrected chi connectivity index (χ3v) is 0. The molecule has 40 valence electrons. The zero-order chi connectivity index (χ0) is 5.41. The van der Waals surface area contributed by atoms with E-state index in [-0.39, 0.29) is 17.6 Å². The summed E-state index contributed by atoms with van der Waals surface area (Å²) in [5, 5.41) is 0. The fraction of sp³-hybridized carbons (Fsp3) is 0. The first-order valence-corrected chi connectivity index (χ1v) is 4.90. The van der Waals surface area contributed by atoms with E-state index in [1.54, 1.807) is 0 Å². The van der Waals surface area contributed by atoms with Gasteiger partial charge < -0.3 is 0 Å². The van der Waals surface area contributed by atoms with Gasteiger partial charge in [0.15, 0.2) is 0 Å². The van der Waals surface area contributed by atoms with Crippen molar-refractivity contribution in [3.63, 3.8) is 0 Å². The van der Waals surface area contributed by atoms with Gasteiger partial charge in [-0.15, -0.1) is 0 Å². The Morgan fingerprint density at radius 2 is 1.00 bits per heavy atom. The molecule has 7 heteroatoms. The van der Waals surface area contributed by atoms with Gasteiger partial charge in [-0.1, -0.05) is 0 Å². The molecule has 0 saturated heterocycles. The Bertz CT molecular complexity index is 27.9. The Morgan fingerprint density at radius 1 is 1.00 bits per heavy atom. The van der Waals surface area contributed by atoms with Crippen molar-refractivity contribution in [2.75, 3.05) is 0 Å². The van der Waals surface area contributed by atoms with Crippen LogP contribution in [0.1, 0.15) is 0 Å². The predicted octanol–water partition coefficient (Wildman–Crippen LogP) is -4.83. The summed E-state index contributed by atoms with van der Waals surface area (Å²) in [6.45, 7) is 0. The van der Waals surface area contributed by atoms with Crippen LogP contribution in [0.15, 0.2) is 0 Å². The molecule has 0 rings (SSSR count). The molecule has 0 aliphatic rings. The van der Waals surface area contributed by atoms with Gasteiger partial charge in [0.2, 0.25) is 0 Å². The molecule has 0 aromatic carbocycles. The average molecular weight is 286 g/mol. The second-order valence-electron chi connectivity index (χ2n) is 0.192. The van der Waals surface area contributed by atoms with Crippen molar-refractivity contribution in [3.8, 4) is 0 Å². The van der Waals surface area contributed by atoms with Crippen molar-refractivity contribution in [2.45, 2.75) is 0 Å². The zero-order valence-electron chi connectivity index (χ0n) is 3.49. The maximum absolute atomic E-state index is 8.53. The molecule has 0 radical (unpaired) electrons. The molecule has 0 saturated carbocycles. The van der Waals surface area contributed by atoms with Crippen LogP contribution in [-0.2, 0) is 7.56 Å². The SMILES string of the molecule is [GeH2+2].[O]=[GeH][O-].[O]=[GeH][O-]. The summed E-state index contributed by atoms with van der Waals surface area (Å²) >= 11 is -4.38. The van der Waals surface area contributed by atoms with E-state index in [1.807, 2.05) is 0 Å². The van der Waals surface area contributed by atoms with Gasteiger partial charge in [-0.25, -0.2) is 0 Å². The fourth-order valence-corrected chi connectivity index (χ4v) is 0. The average Bonchev–Trinajstić information content (AvgIpc) is 1.39. The Labute approximate surface area is 64.7 Å². The van der Waals surface area contributed by atoms with Crippen LogP contribution < -0.4 is 8.27 Å². The summed E-state index contributed by atoms with van der Waals surface area (Å²) in [6.07, 6.45) is 0. The van der Waals surface area contributed by atoms with Gasteiger partial charge in [0.05, 0.1) is 0 Å². The van der Waals surface area contributed by atoms with Crippen molar-refractivity contribution < 1.29 is 15.8 Å². The molecule has 0 aliphatic heterocycles. The van der Waals surface area contributed by atoms with Crippen LogP contribution in [0.2, 0.25) is 0 Å². The van der Waals surface area contributed by atoms with Crippen molar-refractivity contribution >= 4 is 49.0 Å². The van der Waals surface area contributed by atoms with Crippen LogP contribution in [0.3, 0.4) is 0 Å². The first kappa shape index (κ1) is 15.7. The molecule has 0 aromatic rings. The monoisotopic (exact) mass is 290 g/mol. The Morgan fingerprint density at radius 3 is 1.00 bits per heavy atom. The molecule has 0 bridgehead atoms. The number of hydrogen-bond acceptors (Lipinski definition) is 4. The maximum atomic E-state index is 8.53. The standard InChI is InChI=1S/2GeHO2.GeH2/c2*2-1-3;/h2*1H;1H2/q2*-1;+2. The van der Waals surface area contributed by atoms with E-state index in [9.17, 15) is 0 Å². The van der Waals surface area contributed by atoms with Crippen LogP contribution in [0.25, 0.3) is 0 Å². The second-order valence-corrected chi connectivity index (χ2v) is 1.00. The summed E-state index contributed by atoms with van der Waals surface area (Å²) in [7, 11) is 0. The Kier molecular flexibility index (Phi) is 64.9. The molecule has 7 heavy (non-hydrogen) atoms. The molecule has 0 atom stereocenters. The molecule has 0 heterocycles. The molecule has 0 unspecified atom stereocenters. The summed E-state index contributed by atoms with van der Waals surface area (Å²) in [5.41, 5.74) is 0. The van der Waals surface area contributed by atoms with Gasteiger partial charge in [-0.05, 0) is 0 Å². The van der Waals surface area contributed by atoms with E-state index in [4.69, 9.17) is 15.8 Å². The molecule has 0 N–H and O–H groups in total. The van der Waals surface area contributed by atoms with Crippen LogP contribution in [0.5, 0.6) is 0 Å². The van der Waals surface area contributed by atoms with E-state index in [2.05, 4.69) is 0 Å². The molecule has 0 fully saturated rings. The van der Waals surface area contributed by atoms with Crippen LogP contribution in [-0.4, -0.2) is 49.0 Å². The molecule has 0 aromatic heterocycles. The fourth-order valence-electron chi connectivity index (χ4n) is 0. The van der Waals surface area contributed by atoms with Gasteiger partial charge in [-0.3, -0.25) is 0 Å². The van der Waals surface area contributed by atoms with Gasteiger partial charge in [-0.2, -0.15) is 0 Å². The molecule has 0 spiro atoms. The first-order valence-electron chi connectivity index (χ1n) is 0.943. The number of hydrogen-bond donors (Lipinski definition) is 0. The normalized spacial score (nSPS) is 3.43. The van der Waals surface area contributed by atoms with E-state index in [0.29, 0.717) is 0 Å². The summed E-state index contributed by atoms with van der Waals surface area (Å²) in [4.78, 5) is 0. The van der Waals surface area contributed by atoms with E-state index < -0.39 is 31.4 Å². The quantitative estimate of drug-likeness (QED) is 0.418. The molecule has 4 nitrogen and oxygen atoms in total. The summed E-state index contributed by atoms with van der Waals surface area (Å²) in [5.74, 6) is 0. The van der Waals surface area contributed by atoms with Crippen molar-refractivity contribution in [2.24, 2.45) is 0 Å². The van der Waals surface area contributed by atoms with Gasteiger partial charge in [0.1, 0.15) is 0 Å². The summed E-state index contributed by atoms with van der Waals surface area (Å²) < 4.78 is 34.1. The predicted molar refractivity (Wildman–Crippen MR) is 24.2 cm³/mol. The third-order valence-electron chi connectivity index (χ3n) is 0. The van der Waals surface area contributed by atoms with Crippen LogP contribution >= 0.6 is 0 Å². The Balaban J connectivity index is -0.0000000400. The minimum absolute atomic E-state index is 0. The molecule has 0 aliphatic carbocycles. The van der Waals surface area contributed by atoms with Crippen LogP contribution in [0.4, 0.5) is 0 Å². The van der Waals surface area contributed by atoms with E-state index >= 15 is 0 Å². The summed E-state index contributed by atoms with van der Waals surface area (Å²) in [6, 6.07) is 0. The van der Waals surface area contributed by atoms with Gasteiger partial charge >= 0.3 is 64.8 Å². The van der Waals surface area contributed by atoms with Crippen molar-refractivity contribution in [3.05, 3.63) is 0 Å². The van der Waals surface area contributed by atoms with Crippen LogP contribution in [0, 0.1) is 0 Å². The topological polar surface area (TPSA) is 80.3 Å². The van der Waals surface area contributed by atoms with Gasteiger partial charge in [0, 0.05) is 0 Å². The Hall–Kier alpha value is 0.829.